The van der Waals surface area contributed by atoms with Crippen molar-refractivity contribution in [2.45, 2.75) is 31.1 Å². The lowest BCUT2D eigenvalue weighted by molar-refractivity contribution is 0.255. The maximum absolute atomic E-state index is 12.9. The average Bonchev–Trinajstić information content (AvgIpc) is 3.15. The zero-order chi connectivity index (χ0) is 16.4. The Morgan fingerprint density at radius 1 is 1.43 bits per heavy atom. The highest BCUT2D eigenvalue weighted by molar-refractivity contribution is 7.88. The molecule has 1 unspecified atom stereocenters. The van der Waals surface area contributed by atoms with Gasteiger partial charge in [-0.05, 0) is 24.4 Å². The van der Waals surface area contributed by atoms with Gasteiger partial charge in [-0.25, -0.2) is 8.42 Å². The molecule has 1 saturated heterocycles. The highest BCUT2D eigenvalue weighted by Gasteiger charge is 2.34. The van der Waals surface area contributed by atoms with Gasteiger partial charge >= 0.3 is 0 Å². The molecule has 23 heavy (non-hydrogen) atoms. The average molecular weight is 356 g/mol. The van der Waals surface area contributed by atoms with Gasteiger partial charge in [-0.3, -0.25) is 4.68 Å². The number of hydrogen-bond acceptors (Lipinski definition) is 6. The normalized spacial score (nSPS) is 19.8. The van der Waals surface area contributed by atoms with Crippen molar-refractivity contribution in [2.24, 2.45) is 7.05 Å². The van der Waals surface area contributed by atoms with E-state index in [-0.39, 0.29) is 11.8 Å². The van der Waals surface area contributed by atoms with Crippen molar-refractivity contribution >= 4 is 21.6 Å². The quantitative estimate of drug-likeness (QED) is 0.818. The molecule has 0 bridgehead atoms. The molecular formula is C14H20N4O3S2. The van der Waals surface area contributed by atoms with Gasteiger partial charge in [-0.15, -0.1) is 0 Å². The van der Waals surface area contributed by atoms with Crippen LogP contribution in [0.4, 0.5) is 0 Å². The van der Waals surface area contributed by atoms with Crippen LogP contribution in [0.5, 0.6) is 5.88 Å². The molecule has 2 aromatic rings. The first-order valence-electron chi connectivity index (χ1n) is 7.47. The summed E-state index contributed by atoms with van der Waals surface area (Å²) < 4.78 is 38.2. The van der Waals surface area contributed by atoms with E-state index < -0.39 is 10.0 Å². The van der Waals surface area contributed by atoms with Crippen molar-refractivity contribution in [1.29, 1.82) is 0 Å². The van der Waals surface area contributed by atoms with Crippen LogP contribution in [0.15, 0.2) is 18.5 Å². The van der Waals surface area contributed by atoms with Crippen LogP contribution >= 0.6 is 11.5 Å². The summed E-state index contributed by atoms with van der Waals surface area (Å²) in [5, 5.41) is 4.18. The second-order valence-corrected chi connectivity index (χ2v) is 8.47. The molecule has 0 aromatic carbocycles. The summed E-state index contributed by atoms with van der Waals surface area (Å²) in [4.78, 5) is 0.692. The van der Waals surface area contributed by atoms with E-state index in [0.29, 0.717) is 17.3 Å². The van der Waals surface area contributed by atoms with Crippen LogP contribution in [-0.2, 0) is 22.8 Å². The molecular weight excluding hydrogens is 336 g/mol. The van der Waals surface area contributed by atoms with Crippen LogP contribution in [0, 0.1) is 0 Å². The molecule has 7 nitrogen and oxygen atoms in total. The van der Waals surface area contributed by atoms with E-state index in [9.17, 15) is 8.42 Å². The number of hydrogen-bond donors (Lipinski definition) is 0. The molecule has 0 spiro atoms. The van der Waals surface area contributed by atoms with Gasteiger partial charge in [-0.2, -0.15) is 13.8 Å². The Morgan fingerprint density at radius 3 is 2.91 bits per heavy atom. The molecule has 9 heteroatoms. The van der Waals surface area contributed by atoms with Gasteiger partial charge in [-0.1, -0.05) is 6.42 Å². The Labute approximate surface area is 140 Å². The molecule has 0 N–H and O–H groups in total. The monoisotopic (exact) mass is 356 g/mol. The topological polar surface area (TPSA) is 77.3 Å². The number of ether oxygens (including phenoxy) is 1. The minimum atomic E-state index is -3.41. The van der Waals surface area contributed by atoms with E-state index >= 15 is 0 Å². The summed E-state index contributed by atoms with van der Waals surface area (Å²) in [5.74, 6) is 0.424. The van der Waals surface area contributed by atoms with Gasteiger partial charge in [0, 0.05) is 36.3 Å². The SMILES string of the molecule is COc1cc(CS(=O)(=O)N2CCCCC2c2cnn(C)c2)sn1. The summed E-state index contributed by atoms with van der Waals surface area (Å²) in [5.41, 5.74) is 0.956. The molecule has 0 saturated carbocycles. The molecule has 1 fully saturated rings. The third-order valence-electron chi connectivity index (χ3n) is 3.99. The molecule has 126 valence electrons. The van der Waals surface area contributed by atoms with Gasteiger partial charge in [0.25, 0.3) is 0 Å². The summed E-state index contributed by atoms with van der Waals surface area (Å²) in [6, 6.07) is 1.56. The van der Waals surface area contributed by atoms with E-state index in [0.717, 1.165) is 24.8 Å². The summed E-state index contributed by atoms with van der Waals surface area (Å²) in [7, 11) is -0.0419. The van der Waals surface area contributed by atoms with E-state index in [4.69, 9.17) is 4.74 Å². The number of nitrogens with zero attached hydrogens (tertiary/aromatic N) is 4. The van der Waals surface area contributed by atoms with Crippen molar-refractivity contribution in [3.05, 3.63) is 28.9 Å². The number of piperidine rings is 1. The predicted molar refractivity (Wildman–Crippen MR) is 87.8 cm³/mol. The van der Waals surface area contributed by atoms with Gasteiger partial charge in [0.2, 0.25) is 15.9 Å². The molecule has 3 rings (SSSR count). The summed E-state index contributed by atoms with van der Waals surface area (Å²) >= 11 is 1.17. The van der Waals surface area contributed by atoms with Crippen LogP contribution in [0.25, 0.3) is 0 Å². The van der Waals surface area contributed by atoms with Gasteiger partial charge < -0.3 is 4.74 Å². The first-order valence-corrected chi connectivity index (χ1v) is 9.85. The third kappa shape index (κ3) is 3.56. The van der Waals surface area contributed by atoms with Crippen LogP contribution < -0.4 is 4.74 Å². The first-order chi connectivity index (χ1) is 11.0. The smallest absolute Gasteiger partial charge is 0.225 e. The van der Waals surface area contributed by atoms with Crippen LogP contribution in [0.3, 0.4) is 0 Å². The molecule has 0 aliphatic carbocycles. The molecule has 0 radical (unpaired) electrons. The fraction of sp³-hybridized carbons (Fsp3) is 0.571. The molecule has 3 heterocycles. The Morgan fingerprint density at radius 2 is 2.26 bits per heavy atom. The second kappa shape index (κ2) is 6.58. The van der Waals surface area contributed by atoms with Crippen molar-refractivity contribution in [3.8, 4) is 5.88 Å². The maximum atomic E-state index is 12.9. The molecule has 1 aliphatic heterocycles. The van der Waals surface area contributed by atoms with E-state index in [1.165, 1.54) is 18.6 Å². The zero-order valence-electron chi connectivity index (χ0n) is 13.2. The largest absolute Gasteiger partial charge is 0.480 e. The van der Waals surface area contributed by atoms with Gasteiger partial charge in [0.05, 0.1) is 19.3 Å². The zero-order valence-corrected chi connectivity index (χ0v) is 14.8. The van der Waals surface area contributed by atoms with E-state index in [1.807, 2.05) is 13.2 Å². The van der Waals surface area contributed by atoms with E-state index in [2.05, 4.69) is 9.47 Å². The maximum Gasteiger partial charge on any atom is 0.225 e. The summed E-state index contributed by atoms with van der Waals surface area (Å²) in [6.45, 7) is 0.553. The minimum absolute atomic E-state index is 0.0369. The summed E-state index contributed by atoms with van der Waals surface area (Å²) in [6.07, 6.45) is 6.40. The van der Waals surface area contributed by atoms with Crippen molar-refractivity contribution < 1.29 is 13.2 Å². The minimum Gasteiger partial charge on any atom is -0.480 e. The van der Waals surface area contributed by atoms with Gasteiger partial charge in [0.1, 0.15) is 5.75 Å². The first kappa shape index (κ1) is 16.4. The second-order valence-electron chi connectivity index (χ2n) is 5.66. The Hall–Kier alpha value is -1.45. The Balaban J connectivity index is 1.83. The lowest BCUT2D eigenvalue weighted by Gasteiger charge is -2.34. The van der Waals surface area contributed by atoms with Crippen LogP contribution in [0.1, 0.15) is 35.7 Å². The molecule has 2 aromatic heterocycles. The van der Waals surface area contributed by atoms with Crippen molar-refractivity contribution in [2.75, 3.05) is 13.7 Å². The lowest BCUT2D eigenvalue weighted by atomic mass is 10.0. The van der Waals surface area contributed by atoms with Crippen molar-refractivity contribution in [1.82, 2.24) is 18.5 Å². The molecule has 1 atom stereocenters. The highest BCUT2D eigenvalue weighted by Crippen LogP contribution is 2.34. The third-order valence-corrected chi connectivity index (χ3v) is 6.77. The fourth-order valence-corrected chi connectivity index (χ4v) is 5.68. The predicted octanol–water partition coefficient (Wildman–Crippen LogP) is 1.94. The Kier molecular flexibility index (Phi) is 4.69. The number of aromatic nitrogens is 3. The number of methoxy groups -OCH3 is 1. The standard InChI is InChI=1S/C14H20N4O3S2/c1-17-9-11(8-15-17)13-5-3-4-6-18(13)23(19,20)10-12-7-14(21-2)16-22-12/h7-9,13H,3-6,10H2,1-2H3. The van der Waals surface area contributed by atoms with Gasteiger partial charge in [0.15, 0.2) is 0 Å². The van der Waals surface area contributed by atoms with E-state index in [1.54, 1.807) is 21.3 Å². The highest BCUT2D eigenvalue weighted by atomic mass is 32.2. The molecule has 1 aliphatic rings. The van der Waals surface area contributed by atoms with Crippen molar-refractivity contribution in [3.63, 3.8) is 0 Å². The number of rotatable bonds is 5. The fourth-order valence-electron chi connectivity index (χ4n) is 2.90. The Bertz CT molecular complexity index is 769. The lowest BCUT2D eigenvalue weighted by Crippen LogP contribution is -2.38. The number of aryl methyl sites for hydroxylation is 1. The molecule has 0 amide bonds. The number of sulfonamides is 1. The van der Waals surface area contributed by atoms with Crippen LogP contribution in [-0.4, -0.2) is 40.5 Å². The van der Waals surface area contributed by atoms with Crippen LogP contribution in [0.2, 0.25) is 0 Å².